The highest BCUT2D eigenvalue weighted by atomic mass is 15.1. The normalized spacial score (nSPS) is 16.1. The van der Waals surface area contributed by atoms with E-state index in [-0.39, 0.29) is 0 Å². The minimum atomic E-state index is 0.627. The summed E-state index contributed by atoms with van der Waals surface area (Å²) >= 11 is 0. The van der Waals surface area contributed by atoms with Crippen LogP contribution >= 0.6 is 0 Å². The number of nitrogens with one attached hydrogen (secondary N) is 2. The molecule has 1 aliphatic carbocycles. The number of hydrogen-bond donors (Lipinski definition) is 2. The number of anilines is 1. The average Bonchev–Trinajstić information content (AvgIpc) is 2.81. The predicted octanol–water partition coefficient (Wildman–Crippen LogP) is 1.84. The zero-order valence-corrected chi connectivity index (χ0v) is 8.04. The van der Waals surface area contributed by atoms with E-state index in [2.05, 4.69) is 20.3 Å². The molecule has 2 aromatic heterocycles. The number of nitrogens with zero attached hydrogens (tertiary/aromatic N) is 2. The van der Waals surface area contributed by atoms with Gasteiger partial charge in [0.25, 0.3) is 0 Å². The van der Waals surface area contributed by atoms with Gasteiger partial charge in [-0.05, 0) is 25.8 Å². The molecule has 72 valence electrons. The lowest BCUT2D eigenvalue weighted by Crippen LogP contribution is -2.05. The second kappa shape index (κ2) is 2.70. The maximum atomic E-state index is 4.41. The molecule has 0 unspecified atom stereocenters. The average molecular weight is 188 g/mol. The summed E-state index contributed by atoms with van der Waals surface area (Å²) in [6, 6.07) is 2.64. The van der Waals surface area contributed by atoms with Crippen molar-refractivity contribution in [3.8, 4) is 0 Å². The first-order valence-electron chi connectivity index (χ1n) is 4.91. The standard InChI is InChI=1S/C10H12N4/c1-6-12-9-8(4-5-11-9)10(13-6)14-7-2-3-7/h4-5,7H,2-3H2,1H3,(H2,11,12,13,14). The third-order valence-electron chi connectivity index (χ3n) is 2.45. The van der Waals surface area contributed by atoms with Crippen LogP contribution in [-0.4, -0.2) is 21.0 Å². The Balaban J connectivity index is 2.13. The maximum absolute atomic E-state index is 4.41. The summed E-state index contributed by atoms with van der Waals surface area (Å²) in [7, 11) is 0. The molecule has 0 aromatic carbocycles. The van der Waals surface area contributed by atoms with Crippen molar-refractivity contribution in [3.05, 3.63) is 18.1 Å². The Bertz CT molecular complexity index is 470. The third-order valence-corrected chi connectivity index (χ3v) is 2.45. The first-order valence-corrected chi connectivity index (χ1v) is 4.91. The number of aromatic nitrogens is 3. The van der Waals surface area contributed by atoms with Crippen LogP contribution in [0.1, 0.15) is 18.7 Å². The van der Waals surface area contributed by atoms with Crippen molar-refractivity contribution in [2.24, 2.45) is 0 Å². The summed E-state index contributed by atoms with van der Waals surface area (Å²) in [4.78, 5) is 11.8. The molecule has 0 radical (unpaired) electrons. The minimum absolute atomic E-state index is 0.627. The molecule has 2 N–H and O–H groups in total. The molecule has 0 amide bonds. The summed E-state index contributed by atoms with van der Waals surface area (Å²) < 4.78 is 0. The lowest BCUT2D eigenvalue weighted by atomic mass is 10.3. The number of H-pyrrole nitrogens is 1. The van der Waals surface area contributed by atoms with Crippen LogP contribution in [0.2, 0.25) is 0 Å². The van der Waals surface area contributed by atoms with Crippen LogP contribution in [0.4, 0.5) is 5.82 Å². The molecule has 2 heterocycles. The number of fused-ring (bicyclic) bond motifs is 1. The third kappa shape index (κ3) is 1.23. The zero-order chi connectivity index (χ0) is 9.54. The second-order valence-electron chi connectivity index (χ2n) is 3.78. The molecule has 0 bridgehead atoms. The van der Waals surface area contributed by atoms with Crippen LogP contribution in [0.25, 0.3) is 11.0 Å². The van der Waals surface area contributed by atoms with Crippen molar-refractivity contribution in [3.63, 3.8) is 0 Å². The van der Waals surface area contributed by atoms with E-state index in [1.807, 2.05) is 19.2 Å². The van der Waals surface area contributed by atoms with Crippen LogP contribution in [0.5, 0.6) is 0 Å². The molecule has 0 aliphatic heterocycles. The van der Waals surface area contributed by atoms with E-state index >= 15 is 0 Å². The summed E-state index contributed by atoms with van der Waals surface area (Å²) in [6.45, 7) is 1.92. The molecule has 1 fully saturated rings. The van der Waals surface area contributed by atoms with Gasteiger partial charge in [0.15, 0.2) is 0 Å². The SMILES string of the molecule is Cc1nc(NC2CC2)c2cc[nH]c2n1. The topological polar surface area (TPSA) is 53.6 Å². The molecular formula is C10H12N4. The molecule has 14 heavy (non-hydrogen) atoms. The van der Waals surface area contributed by atoms with Crippen LogP contribution in [0.3, 0.4) is 0 Å². The summed E-state index contributed by atoms with van der Waals surface area (Å²) in [5.74, 6) is 1.78. The van der Waals surface area contributed by atoms with Gasteiger partial charge in [-0.1, -0.05) is 0 Å². The van der Waals surface area contributed by atoms with Crippen LogP contribution in [0, 0.1) is 6.92 Å². The highest BCUT2D eigenvalue weighted by molar-refractivity contribution is 5.87. The van der Waals surface area contributed by atoms with Gasteiger partial charge in [-0.2, -0.15) is 0 Å². The van der Waals surface area contributed by atoms with Gasteiger partial charge in [0.1, 0.15) is 17.3 Å². The van der Waals surface area contributed by atoms with Gasteiger partial charge in [-0.3, -0.25) is 0 Å². The fourth-order valence-corrected chi connectivity index (χ4v) is 1.58. The van der Waals surface area contributed by atoms with Crippen LogP contribution < -0.4 is 5.32 Å². The van der Waals surface area contributed by atoms with Crippen molar-refractivity contribution in [1.29, 1.82) is 0 Å². The Morgan fingerprint density at radius 3 is 3.07 bits per heavy atom. The van der Waals surface area contributed by atoms with Gasteiger partial charge in [0.05, 0.1) is 5.39 Å². The van der Waals surface area contributed by atoms with Gasteiger partial charge in [-0.25, -0.2) is 9.97 Å². The summed E-state index contributed by atoms with van der Waals surface area (Å²) in [6.07, 6.45) is 4.42. The highest BCUT2D eigenvalue weighted by Gasteiger charge is 2.22. The van der Waals surface area contributed by atoms with Crippen LogP contribution in [0.15, 0.2) is 12.3 Å². The van der Waals surface area contributed by atoms with Gasteiger partial charge >= 0.3 is 0 Å². The zero-order valence-electron chi connectivity index (χ0n) is 8.04. The van der Waals surface area contributed by atoms with E-state index in [0.29, 0.717) is 6.04 Å². The Kier molecular flexibility index (Phi) is 1.50. The van der Waals surface area contributed by atoms with E-state index in [0.717, 1.165) is 22.7 Å². The fraction of sp³-hybridized carbons (Fsp3) is 0.400. The highest BCUT2D eigenvalue weighted by Crippen LogP contribution is 2.27. The van der Waals surface area contributed by atoms with E-state index in [1.165, 1.54) is 12.8 Å². The first-order chi connectivity index (χ1) is 6.83. The van der Waals surface area contributed by atoms with E-state index < -0.39 is 0 Å². The molecule has 3 rings (SSSR count). The molecule has 0 atom stereocenters. The second-order valence-corrected chi connectivity index (χ2v) is 3.78. The maximum Gasteiger partial charge on any atom is 0.143 e. The van der Waals surface area contributed by atoms with Gasteiger partial charge in [0.2, 0.25) is 0 Å². The summed E-state index contributed by atoms with van der Waals surface area (Å²) in [5.41, 5.74) is 0.917. The Morgan fingerprint density at radius 1 is 1.43 bits per heavy atom. The molecular weight excluding hydrogens is 176 g/mol. The smallest absolute Gasteiger partial charge is 0.143 e. The molecule has 0 saturated heterocycles. The van der Waals surface area contributed by atoms with Crippen molar-refractivity contribution < 1.29 is 0 Å². The van der Waals surface area contributed by atoms with Crippen molar-refractivity contribution in [1.82, 2.24) is 15.0 Å². The quantitative estimate of drug-likeness (QED) is 0.756. The summed E-state index contributed by atoms with van der Waals surface area (Å²) in [5, 5.41) is 4.50. The lowest BCUT2D eigenvalue weighted by Gasteiger charge is -2.05. The Hall–Kier alpha value is -1.58. The fourth-order valence-electron chi connectivity index (χ4n) is 1.58. The Morgan fingerprint density at radius 2 is 2.29 bits per heavy atom. The van der Waals surface area contributed by atoms with E-state index in [4.69, 9.17) is 0 Å². The van der Waals surface area contributed by atoms with Gasteiger partial charge in [0, 0.05) is 12.2 Å². The first kappa shape index (κ1) is 7.79. The molecule has 0 spiro atoms. The molecule has 4 nitrogen and oxygen atoms in total. The van der Waals surface area contributed by atoms with E-state index in [9.17, 15) is 0 Å². The number of aryl methyl sites for hydroxylation is 1. The van der Waals surface area contributed by atoms with Crippen molar-refractivity contribution >= 4 is 16.9 Å². The molecule has 1 aliphatic rings. The van der Waals surface area contributed by atoms with Gasteiger partial charge in [-0.15, -0.1) is 0 Å². The predicted molar refractivity (Wildman–Crippen MR) is 55.3 cm³/mol. The monoisotopic (exact) mass is 188 g/mol. The van der Waals surface area contributed by atoms with Crippen molar-refractivity contribution in [2.45, 2.75) is 25.8 Å². The number of hydrogen-bond acceptors (Lipinski definition) is 3. The molecule has 1 saturated carbocycles. The largest absolute Gasteiger partial charge is 0.367 e. The lowest BCUT2D eigenvalue weighted by molar-refractivity contribution is 1.05. The number of aromatic amines is 1. The van der Waals surface area contributed by atoms with Crippen LogP contribution in [-0.2, 0) is 0 Å². The Labute approximate surface area is 81.8 Å². The van der Waals surface area contributed by atoms with E-state index in [1.54, 1.807) is 0 Å². The number of rotatable bonds is 2. The van der Waals surface area contributed by atoms with Gasteiger partial charge < -0.3 is 10.3 Å². The minimum Gasteiger partial charge on any atom is -0.367 e. The van der Waals surface area contributed by atoms with Crippen molar-refractivity contribution in [2.75, 3.05) is 5.32 Å². The molecule has 2 aromatic rings. The molecule has 4 heteroatoms.